The summed E-state index contributed by atoms with van der Waals surface area (Å²) in [5.41, 5.74) is 2.35. The van der Waals surface area contributed by atoms with Gasteiger partial charge < -0.3 is 10.1 Å². The van der Waals surface area contributed by atoms with Gasteiger partial charge in [0.05, 0.1) is 30.6 Å². The lowest BCUT2D eigenvalue weighted by atomic mass is 10.2. The van der Waals surface area contributed by atoms with Gasteiger partial charge in [-0.25, -0.2) is 4.79 Å². The molecular formula is C13H16N4O2. The summed E-state index contributed by atoms with van der Waals surface area (Å²) >= 11 is 0. The molecule has 1 heterocycles. The first-order valence-corrected chi connectivity index (χ1v) is 6.05. The van der Waals surface area contributed by atoms with Crippen LogP contribution in [0.5, 0.6) is 0 Å². The molecule has 100 valence electrons. The van der Waals surface area contributed by atoms with Gasteiger partial charge in [0.15, 0.2) is 0 Å². The Morgan fingerprint density at radius 2 is 2.32 bits per heavy atom. The highest BCUT2D eigenvalue weighted by molar-refractivity contribution is 5.90. The number of hydrogen-bond acceptors (Lipinski definition) is 5. The van der Waals surface area contributed by atoms with E-state index in [0.717, 1.165) is 11.4 Å². The Balaban J connectivity index is 2.03. The van der Waals surface area contributed by atoms with E-state index in [4.69, 9.17) is 4.74 Å². The molecule has 0 radical (unpaired) electrons. The van der Waals surface area contributed by atoms with Crippen molar-refractivity contribution in [1.82, 2.24) is 15.0 Å². The second-order valence-electron chi connectivity index (χ2n) is 4.00. The van der Waals surface area contributed by atoms with Gasteiger partial charge in [0.1, 0.15) is 0 Å². The molecule has 6 nitrogen and oxygen atoms in total. The fourth-order valence-corrected chi connectivity index (χ4v) is 1.63. The molecule has 0 saturated heterocycles. The largest absolute Gasteiger partial charge is 0.462 e. The van der Waals surface area contributed by atoms with E-state index in [0.29, 0.717) is 18.7 Å². The Morgan fingerprint density at radius 1 is 1.47 bits per heavy atom. The van der Waals surface area contributed by atoms with Crippen LogP contribution in [-0.2, 0) is 18.3 Å². The van der Waals surface area contributed by atoms with Gasteiger partial charge in [-0.2, -0.15) is 0 Å². The number of anilines is 1. The Bertz CT molecular complexity index is 565. The number of ether oxygens (including phenoxy) is 1. The minimum Gasteiger partial charge on any atom is -0.462 e. The zero-order valence-electron chi connectivity index (χ0n) is 11.0. The molecule has 0 aliphatic carbocycles. The molecule has 0 aliphatic rings. The highest BCUT2D eigenvalue weighted by Gasteiger charge is 2.07. The Morgan fingerprint density at radius 3 is 3.00 bits per heavy atom. The van der Waals surface area contributed by atoms with Crippen LogP contribution in [0.3, 0.4) is 0 Å². The fourth-order valence-electron chi connectivity index (χ4n) is 1.63. The second kappa shape index (κ2) is 5.99. The van der Waals surface area contributed by atoms with Crippen molar-refractivity contribution >= 4 is 11.7 Å². The molecule has 0 fully saturated rings. The number of esters is 1. The summed E-state index contributed by atoms with van der Waals surface area (Å²) in [5, 5.41) is 10.9. The molecule has 0 spiro atoms. The molecule has 0 aliphatic heterocycles. The highest BCUT2D eigenvalue weighted by Crippen LogP contribution is 2.12. The predicted octanol–water partition coefficient (Wildman–Crippen LogP) is 1.60. The van der Waals surface area contributed by atoms with E-state index < -0.39 is 0 Å². The van der Waals surface area contributed by atoms with Crippen molar-refractivity contribution in [1.29, 1.82) is 0 Å². The molecular weight excluding hydrogens is 244 g/mol. The normalized spacial score (nSPS) is 10.2. The van der Waals surface area contributed by atoms with Crippen LogP contribution in [0, 0.1) is 0 Å². The maximum absolute atomic E-state index is 11.6. The van der Waals surface area contributed by atoms with Crippen LogP contribution >= 0.6 is 0 Å². The molecule has 2 aromatic rings. The van der Waals surface area contributed by atoms with Crippen molar-refractivity contribution < 1.29 is 9.53 Å². The van der Waals surface area contributed by atoms with E-state index >= 15 is 0 Å². The van der Waals surface area contributed by atoms with Gasteiger partial charge in [0.25, 0.3) is 0 Å². The molecule has 0 atom stereocenters. The van der Waals surface area contributed by atoms with Crippen molar-refractivity contribution in [2.75, 3.05) is 11.9 Å². The van der Waals surface area contributed by atoms with Gasteiger partial charge in [0, 0.05) is 12.7 Å². The third-order valence-electron chi connectivity index (χ3n) is 2.66. The molecule has 0 amide bonds. The summed E-state index contributed by atoms with van der Waals surface area (Å²) in [4.78, 5) is 11.6. The van der Waals surface area contributed by atoms with Gasteiger partial charge in [-0.3, -0.25) is 4.68 Å². The quantitative estimate of drug-likeness (QED) is 0.827. The van der Waals surface area contributed by atoms with Gasteiger partial charge in [-0.1, -0.05) is 11.3 Å². The van der Waals surface area contributed by atoms with Gasteiger partial charge in [0.2, 0.25) is 0 Å². The number of carbonyl (C=O) groups is 1. The number of hydrogen-bond donors (Lipinski definition) is 1. The molecule has 0 saturated carbocycles. The molecule has 1 aromatic carbocycles. The number of rotatable bonds is 5. The van der Waals surface area contributed by atoms with E-state index in [1.807, 2.05) is 19.2 Å². The zero-order valence-corrected chi connectivity index (χ0v) is 11.0. The van der Waals surface area contributed by atoms with E-state index in [-0.39, 0.29) is 5.97 Å². The fraction of sp³-hybridized carbons (Fsp3) is 0.308. The smallest absolute Gasteiger partial charge is 0.338 e. The summed E-state index contributed by atoms with van der Waals surface area (Å²) in [5.74, 6) is -0.312. The first-order valence-electron chi connectivity index (χ1n) is 6.05. The molecule has 19 heavy (non-hydrogen) atoms. The third-order valence-corrected chi connectivity index (χ3v) is 2.66. The predicted molar refractivity (Wildman–Crippen MR) is 70.7 cm³/mol. The first-order chi connectivity index (χ1) is 9.20. The summed E-state index contributed by atoms with van der Waals surface area (Å²) < 4.78 is 6.66. The topological polar surface area (TPSA) is 69.0 Å². The van der Waals surface area contributed by atoms with Crippen LogP contribution in [0.25, 0.3) is 0 Å². The second-order valence-corrected chi connectivity index (χ2v) is 4.00. The van der Waals surface area contributed by atoms with Gasteiger partial charge >= 0.3 is 5.97 Å². The van der Waals surface area contributed by atoms with E-state index in [1.165, 1.54) is 0 Å². The van der Waals surface area contributed by atoms with Crippen LogP contribution in [0.1, 0.15) is 23.0 Å². The third kappa shape index (κ3) is 3.31. The average Bonchev–Trinajstić information content (AvgIpc) is 2.82. The van der Waals surface area contributed by atoms with Crippen LogP contribution in [-0.4, -0.2) is 27.6 Å². The maximum Gasteiger partial charge on any atom is 0.338 e. The molecule has 6 heteroatoms. The Labute approximate surface area is 111 Å². The molecule has 0 unspecified atom stereocenters. The van der Waals surface area contributed by atoms with Crippen molar-refractivity contribution in [2.24, 2.45) is 7.05 Å². The Hall–Kier alpha value is -2.37. The van der Waals surface area contributed by atoms with Crippen molar-refractivity contribution in [3.63, 3.8) is 0 Å². The van der Waals surface area contributed by atoms with Crippen molar-refractivity contribution in [3.05, 3.63) is 41.7 Å². The van der Waals surface area contributed by atoms with Crippen LogP contribution < -0.4 is 5.32 Å². The SMILES string of the molecule is CCOC(=O)c1cccc(NCc2cnnn2C)c1. The van der Waals surface area contributed by atoms with E-state index in [9.17, 15) is 4.79 Å². The van der Waals surface area contributed by atoms with E-state index in [2.05, 4.69) is 15.6 Å². The summed E-state index contributed by atoms with van der Waals surface area (Å²) in [6.45, 7) is 2.75. The maximum atomic E-state index is 11.6. The minimum atomic E-state index is -0.312. The van der Waals surface area contributed by atoms with Crippen LogP contribution in [0.15, 0.2) is 30.5 Å². The summed E-state index contributed by atoms with van der Waals surface area (Å²) in [7, 11) is 1.83. The first kappa shape index (κ1) is 13.1. The van der Waals surface area contributed by atoms with Crippen LogP contribution in [0.4, 0.5) is 5.69 Å². The minimum absolute atomic E-state index is 0.312. The number of benzene rings is 1. The van der Waals surface area contributed by atoms with Gasteiger partial charge in [-0.15, -0.1) is 5.10 Å². The lowest BCUT2D eigenvalue weighted by Crippen LogP contribution is -2.07. The standard InChI is InChI=1S/C13H16N4O2/c1-3-19-13(18)10-5-4-6-11(7-10)14-8-12-9-15-16-17(12)2/h4-7,9,14H,3,8H2,1-2H3. The lowest BCUT2D eigenvalue weighted by Gasteiger charge is -2.08. The Kier molecular flexibility index (Phi) is 4.12. The molecule has 1 aromatic heterocycles. The molecule has 0 bridgehead atoms. The molecule has 1 N–H and O–H groups in total. The monoisotopic (exact) mass is 260 g/mol. The van der Waals surface area contributed by atoms with Crippen LogP contribution in [0.2, 0.25) is 0 Å². The average molecular weight is 260 g/mol. The number of nitrogens with zero attached hydrogens (tertiary/aromatic N) is 3. The van der Waals surface area contributed by atoms with E-state index in [1.54, 1.807) is 29.9 Å². The summed E-state index contributed by atoms with van der Waals surface area (Å²) in [6.07, 6.45) is 1.70. The number of aromatic nitrogens is 3. The van der Waals surface area contributed by atoms with Crippen molar-refractivity contribution in [3.8, 4) is 0 Å². The lowest BCUT2D eigenvalue weighted by molar-refractivity contribution is 0.0526. The summed E-state index contributed by atoms with van der Waals surface area (Å²) in [6, 6.07) is 7.21. The molecule has 2 rings (SSSR count). The number of nitrogens with one attached hydrogen (secondary N) is 1. The van der Waals surface area contributed by atoms with Gasteiger partial charge in [-0.05, 0) is 25.1 Å². The highest BCUT2D eigenvalue weighted by atomic mass is 16.5. The number of carbonyl (C=O) groups excluding carboxylic acids is 1. The zero-order chi connectivity index (χ0) is 13.7. The number of aryl methyl sites for hydroxylation is 1. The van der Waals surface area contributed by atoms with Crippen molar-refractivity contribution in [2.45, 2.75) is 13.5 Å².